The van der Waals surface area contributed by atoms with Crippen molar-refractivity contribution in [1.82, 2.24) is 5.32 Å². The lowest BCUT2D eigenvalue weighted by atomic mass is 9.93. The second kappa shape index (κ2) is 2.51. The van der Waals surface area contributed by atoms with Crippen molar-refractivity contribution in [2.75, 3.05) is 6.61 Å². The van der Waals surface area contributed by atoms with Crippen LogP contribution in [0.4, 0.5) is 0 Å². The molecule has 2 rings (SSSR count). The van der Waals surface area contributed by atoms with Crippen LogP contribution in [0.25, 0.3) is 0 Å². The van der Waals surface area contributed by atoms with Crippen LogP contribution >= 0.6 is 0 Å². The lowest BCUT2D eigenvalue weighted by Gasteiger charge is -2.27. The van der Waals surface area contributed by atoms with E-state index in [0.29, 0.717) is 12.5 Å². The molecule has 2 heteroatoms. The molecule has 2 atom stereocenters. The van der Waals surface area contributed by atoms with Crippen LogP contribution in [-0.2, 0) is 0 Å². The standard InChI is InChI=1S/C8H15NO/c10-5-6-3-7-1-2-8(4-6)9-7/h6-10H,1-5H2/t7-,8-/m0/s1. The maximum atomic E-state index is 8.93. The monoisotopic (exact) mass is 141 g/mol. The van der Waals surface area contributed by atoms with Gasteiger partial charge >= 0.3 is 0 Å². The highest BCUT2D eigenvalue weighted by atomic mass is 16.3. The van der Waals surface area contributed by atoms with E-state index in [1.807, 2.05) is 0 Å². The van der Waals surface area contributed by atoms with Gasteiger partial charge in [0.2, 0.25) is 0 Å². The molecule has 2 aliphatic rings. The second-order valence-electron chi connectivity index (χ2n) is 3.66. The highest BCUT2D eigenvalue weighted by Gasteiger charge is 2.32. The number of rotatable bonds is 1. The summed E-state index contributed by atoms with van der Waals surface area (Å²) in [5, 5.41) is 12.5. The van der Waals surface area contributed by atoms with Gasteiger partial charge in [-0.05, 0) is 31.6 Å². The minimum atomic E-state index is 0.398. The van der Waals surface area contributed by atoms with Crippen LogP contribution in [0.2, 0.25) is 0 Å². The number of aliphatic hydroxyl groups excluding tert-OH is 1. The van der Waals surface area contributed by atoms with E-state index >= 15 is 0 Å². The molecule has 0 aliphatic carbocycles. The molecule has 0 aromatic rings. The number of nitrogens with one attached hydrogen (secondary N) is 1. The summed E-state index contributed by atoms with van der Waals surface area (Å²) in [6, 6.07) is 1.46. The van der Waals surface area contributed by atoms with Gasteiger partial charge in [0.15, 0.2) is 0 Å². The van der Waals surface area contributed by atoms with Gasteiger partial charge in [-0.15, -0.1) is 0 Å². The summed E-state index contributed by atoms with van der Waals surface area (Å²) >= 11 is 0. The maximum absolute atomic E-state index is 8.93. The first-order valence-corrected chi connectivity index (χ1v) is 4.25. The average molecular weight is 141 g/mol. The molecule has 2 aliphatic heterocycles. The summed E-state index contributed by atoms with van der Waals surface area (Å²) in [5.74, 6) is 0.596. The predicted octanol–water partition coefficient (Wildman–Crippen LogP) is 0.509. The molecular weight excluding hydrogens is 126 g/mol. The smallest absolute Gasteiger partial charge is 0.0460 e. The first-order valence-electron chi connectivity index (χ1n) is 4.25. The summed E-state index contributed by atoms with van der Waals surface area (Å²) in [4.78, 5) is 0. The number of fused-ring (bicyclic) bond motifs is 2. The Kier molecular flexibility index (Phi) is 1.66. The van der Waals surface area contributed by atoms with Crippen molar-refractivity contribution >= 4 is 0 Å². The summed E-state index contributed by atoms with van der Waals surface area (Å²) < 4.78 is 0. The van der Waals surface area contributed by atoms with E-state index in [1.54, 1.807) is 0 Å². The lowest BCUT2D eigenvalue weighted by molar-refractivity contribution is 0.174. The summed E-state index contributed by atoms with van der Waals surface area (Å²) in [5.41, 5.74) is 0. The molecule has 0 spiro atoms. The molecule has 10 heavy (non-hydrogen) atoms. The molecule has 58 valence electrons. The fourth-order valence-corrected chi connectivity index (χ4v) is 2.32. The molecule has 2 N–H and O–H groups in total. The van der Waals surface area contributed by atoms with Crippen molar-refractivity contribution in [3.63, 3.8) is 0 Å². The number of aliphatic hydroxyl groups is 1. The van der Waals surface area contributed by atoms with Crippen LogP contribution in [0, 0.1) is 5.92 Å². The molecule has 0 amide bonds. The van der Waals surface area contributed by atoms with E-state index in [2.05, 4.69) is 5.32 Å². The Morgan fingerprint density at radius 1 is 1.20 bits per heavy atom. The van der Waals surface area contributed by atoms with Crippen LogP contribution in [0.3, 0.4) is 0 Å². The molecule has 0 aromatic heterocycles. The third-order valence-electron chi connectivity index (χ3n) is 2.83. The van der Waals surface area contributed by atoms with Crippen LogP contribution in [0.15, 0.2) is 0 Å². The van der Waals surface area contributed by atoms with E-state index in [0.717, 1.165) is 12.1 Å². The molecule has 2 heterocycles. The fourth-order valence-electron chi connectivity index (χ4n) is 2.32. The van der Waals surface area contributed by atoms with Gasteiger partial charge in [0.25, 0.3) is 0 Å². The zero-order valence-electron chi connectivity index (χ0n) is 6.21. The van der Waals surface area contributed by atoms with Gasteiger partial charge in [0.1, 0.15) is 0 Å². The van der Waals surface area contributed by atoms with Gasteiger partial charge < -0.3 is 10.4 Å². The predicted molar refractivity (Wildman–Crippen MR) is 39.8 cm³/mol. The Hall–Kier alpha value is -0.0800. The highest BCUT2D eigenvalue weighted by Crippen LogP contribution is 2.30. The molecule has 0 saturated carbocycles. The van der Waals surface area contributed by atoms with Crippen molar-refractivity contribution < 1.29 is 5.11 Å². The molecule has 2 saturated heterocycles. The maximum Gasteiger partial charge on any atom is 0.0460 e. The molecule has 2 bridgehead atoms. The van der Waals surface area contributed by atoms with Crippen LogP contribution in [0.1, 0.15) is 25.7 Å². The van der Waals surface area contributed by atoms with Crippen LogP contribution < -0.4 is 5.32 Å². The van der Waals surface area contributed by atoms with Crippen LogP contribution in [-0.4, -0.2) is 23.8 Å². The Morgan fingerprint density at radius 3 is 2.30 bits per heavy atom. The third-order valence-corrected chi connectivity index (χ3v) is 2.83. The van der Waals surface area contributed by atoms with Gasteiger partial charge in [-0.25, -0.2) is 0 Å². The van der Waals surface area contributed by atoms with Gasteiger partial charge in [-0.3, -0.25) is 0 Å². The van der Waals surface area contributed by atoms with Gasteiger partial charge in [0, 0.05) is 18.7 Å². The number of hydrogen-bond acceptors (Lipinski definition) is 2. The van der Waals surface area contributed by atoms with Crippen molar-refractivity contribution in [2.24, 2.45) is 5.92 Å². The first-order chi connectivity index (χ1) is 4.88. The molecule has 0 unspecified atom stereocenters. The Morgan fingerprint density at radius 2 is 1.80 bits per heavy atom. The van der Waals surface area contributed by atoms with E-state index in [4.69, 9.17) is 5.11 Å². The van der Waals surface area contributed by atoms with Crippen molar-refractivity contribution in [3.05, 3.63) is 0 Å². The minimum Gasteiger partial charge on any atom is -0.396 e. The van der Waals surface area contributed by atoms with Gasteiger partial charge in [-0.1, -0.05) is 0 Å². The summed E-state index contributed by atoms with van der Waals surface area (Å²) in [6.07, 6.45) is 5.07. The third kappa shape index (κ3) is 1.06. The molecule has 2 fully saturated rings. The Balaban J connectivity index is 1.96. The first kappa shape index (κ1) is 6.62. The van der Waals surface area contributed by atoms with E-state index in [1.165, 1.54) is 25.7 Å². The summed E-state index contributed by atoms with van der Waals surface area (Å²) in [6.45, 7) is 0.398. The van der Waals surface area contributed by atoms with Gasteiger partial charge in [0.05, 0.1) is 0 Å². The lowest BCUT2D eigenvalue weighted by Crippen LogP contribution is -2.38. The normalized spacial score (nSPS) is 45.9. The molecule has 0 radical (unpaired) electrons. The van der Waals surface area contributed by atoms with Crippen molar-refractivity contribution in [2.45, 2.75) is 37.8 Å². The fraction of sp³-hybridized carbons (Fsp3) is 1.00. The van der Waals surface area contributed by atoms with Gasteiger partial charge in [-0.2, -0.15) is 0 Å². The average Bonchev–Trinajstić information content (AvgIpc) is 2.30. The molecule has 2 nitrogen and oxygen atoms in total. The minimum absolute atomic E-state index is 0.398. The van der Waals surface area contributed by atoms with Crippen molar-refractivity contribution in [3.8, 4) is 0 Å². The van der Waals surface area contributed by atoms with E-state index < -0.39 is 0 Å². The zero-order valence-corrected chi connectivity index (χ0v) is 6.21. The molecular formula is C8H15NO. The zero-order chi connectivity index (χ0) is 6.97. The second-order valence-corrected chi connectivity index (χ2v) is 3.66. The van der Waals surface area contributed by atoms with Crippen LogP contribution in [0.5, 0.6) is 0 Å². The van der Waals surface area contributed by atoms with E-state index in [9.17, 15) is 0 Å². The highest BCUT2D eigenvalue weighted by molar-refractivity contribution is 4.91. The quantitative estimate of drug-likeness (QED) is 0.557. The van der Waals surface area contributed by atoms with E-state index in [-0.39, 0.29) is 0 Å². The van der Waals surface area contributed by atoms with Crippen molar-refractivity contribution in [1.29, 1.82) is 0 Å². The Bertz CT molecular complexity index is 114. The molecule has 0 aromatic carbocycles. The summed E-state index contributed by atoms with van der Waals surface area (Å²) in [7, 11) is 0. The number of piperidine rings is 1. The SMILES string of the molecule is OCC1C[C@@H]2CC[C@@H](C1)N2. The largest absolute Gasteiger partial charge is 0.396 e. The topological polar surface area (TPSA) is 32.3 Å². The Labute approximate surface area is 61.6 Å². The number of hydrogen-bond donors (Lipinski definition) is 2.